The Balaban J connectivity index is 1.36. The largest absolute Gasteiger partial charge is 0.349 e. The molecular weight excluding hydrogens is 348 g/mol. The number of amides is 2. The van der Waals surface area contributed by atoms with Crippen LogP contribution in [-0.4, -0.2) is 17.9 Å². The lowest BCUT2D eigenvalue weighted by Crippen LogP contribution is -2.28. The van der Waals surface area contributed by atoms with Crippen molar-refractivity contribution in [3.05, 3.63) is 76.9 Å². The topological polar surface area (TPSA) is 58.2 Å². The molecule has 0 heterocycles. The molecule has 2 aromatic carbocycles. The van der Waals surface area contributed by atoms with Crippen molar-refractivity contribution in [2.75, 3.05) is 0 Å². The van der Waals surface area contributed by atoms with Gasteiger partial charge in [0.05, 0.1) is 6.04 Å². The average Bonchev–Trinajstić information content (AvgIpc) is 3.60. The molecule has 0 aromatic heterocycles. The highest BCUT2D eigenvalue weighted by atomic mass is 16.2. The summed E-state index contributed by atoms with van der Waals surface area (Å²) in [5.41, 5.74) is 3.94. The van der Waals surface area contributed by atoms with Gasteiger partial charge in [-0.15, -0.1) is 0 Å². The first-order valence-corrected chi connectivity index (χ1v) is 10.0. The zero-order chi connectivity index (χ0) is 19.5. The lowest BCUT2D eigenvalue weighted by atomic mass is 10.0. The van der Waals surface area contributed by atoms with Gasteiger partial charge in [0.25, 0.3) is 5.91 Å². The van der Waals surface area contributed by atoms with Crippen molar-refractivity contribution in [2.45, 2.75) is 44.7 Å². The quantitative estimate of drug-likeness (QED) is 0.715. The Bertz CT molecular complexity index is 876. The summed E-state index contributed by atoms with van der Waals surface area (Å²) in [5.74, 6) is 0.415. The SMILES string of the molecule is Cc1ccc(C(NC(=O)/C=C/c2ccc(C(=O)NC3CC3)cc2)C2CC2)cc1. The van der Waals surface area contributed by atoms with E-state index < -0.39 is 0 Å². The van der Waals surface area contributed by atoms with E-state index in [9.17, 15) is 9.59 Å². The van der Waals surface area contributed by atoms with Crippen LogP contribution in [0.5, 0.6) is 0 Å². The molecule has 2 fully saturated rings. The van der Waals surface area contributed by atoms with Gasteiger partial charge in [-0.25, -0.2) is 0 Å². The molecule has 2 saturated carbocycles. The van der Waals surface area contributed by atoms with Gasteiger partial charge in [0.15, 0.2) is 0 Å². The number of carbonyl (C=O) groups excluding carboxylic acids is 2. The van der Waals surface area contributed by atoms with E-state index in [4.69, 9.17) is 0 Å². The lowest BCUT2D eigenvalue weighted by Gasteiger charge is -2.18. The molecule has 0 bridgehead atoms. The molecule has 1 unspecified atom stereocenters. The van der Waals surface area contributed by atoms with Crippen molar-refractivity contribution in [2.24, 2.45) is 5.92 Å². The number of hydrogen-bond donors (Lipinski definition) is 2. The number of hydrogen-bond acceptors (Lipinski definition) is 2. The van der Waals surface area contributed by atoms with Gasteiger partial charge >= 0.3 is 0 Å². The van der Waals surface area contributed by atoms with Gasteiger partial charge in [-0.1, -0.05) is 42.0 Å². The van der Waals surface area contributed by atoms with Crippen molar-refractivity contribution in [3.63, 3.8) is 0 Å². The third-order valence-corrected chi connectivity index (χ3v) is 5.34. The highest BCUT2D eigenvalue weighted by Gasteiger charge is 2.33. The highest BCUT2D eigenvalue weighted by molar-refractivity contribution is 5.95. The van der Waals surface area contributed by atoms with Crippen LogP contribution in [-0.2, 0) is 4.79 Å². The molecule has 0 radical (unpaired) electrons. The minimum atomic E-state index is -0.0898. The van der Waals surface area contributed by atoms with Crippen LogP contribution in [0.4, 0.5) is 0 Å². The monoisotopic (exact) mass is 374 g/mol. The maximum atomic E-state index is 12.4. The molecule has 2 aliphatic carbocycles. The fourth-order valence-corrected chi connectivity index (χ4v) is 3.29. The van der Waals surface area contributed by atoms with Crippen LogP contribution in [0, 0.1) is 12.8 Å². The number of rotatable bonds is 7. The van der Waals surface area contributed by atoms with Gasteiger partial charge in [-0.3, -0.25) is 9.59 Å². The Morgan fingerprint density at radius 1 is 0.964 bits per heavy atom. The molecule has 28 heavy (non-hydrogen) atoms. The predicted molar refractivity (Wildman–Crippen MR) is 111 cm³/mol. The van der Waals surface area contributed by atoms with E-state index in [1.54, 1.807) is 24.3 Å². The summed E-state index contributed by atoms with van der Waals surface area (Å²) < 4.78 is 0. The van der Waals surface area contributed by atoms with Crippen molar-refractivity contribution in [1.29, 1.82) is 0 Å². The first-order chi connectivity index (χ1) is 13.6. The number of nitrogens with one attached hydrogen (secondary N) is 2. The van der Waals surface area contributed by atoms with Gasteiger partial charge in [0.2, 0.25) is 5.91 Å². The zero-order valence-corrected chi connectivity index (χ0v) is 16.2. The second-order valence-corrected chi connectivity index (χ2v) is 7.94. The van der Waals surface area contributed by atoms with E-state index in [1.165, 1.54) is 11.1 Å². The summed E-state index contributed by atoms with van der Waals surface area (Å²) in [7, 11) is 0. The van der Waals surface area contributed by atoms with Crippen LogP contribution in [0.15, 0.2) is 54.6 Å². The minimum absolute atomic E-state index is 0.0267. The van der Waals surface area contributed by atoms with Crippen LogP contribution in [0.25, 0.3) is 6.08 Å². The Labute approximate surface area is 166 Å². The zero-order valence-electron chi connectivity index (χ0n) is 16.2. The van der Waals surface area contributed by atoms with Gasteiger partial charge in [0.1, 0.15) is 0 Å². The molecule has 2 aliphatic rings. The van der Waals surface area contributed by atoms with Crippen LogP contribution in [0.1, 0.15) is 58.8 Å². The van der Waals surface area contributed by atoms with Crippen LogP contribution in [0.2, 0.25) is 0 Å². The standard InChI is InChI=1S/C24H26N2O2/c1-16-2-7-18(8-3-16)23(19-11-12-19)26-22(27)15-6-17-4-9-20(10-5-17)24(28)25-21-13-14-21/h2-10,15,19,21,23H,11-14H2,1H3,(H,25,28)(H,26,27)/b15-6+. The molecule has 144 valence electrons. The summed E-state index contributed by atoms with van der Waals surface area (Å²) in [6.07, 6.45) is 7.83. The second-order valence-electron chi connectivity index (χ2n) is 7.94. The van der Waals surface area contributed by atoms with Crippen molar-refractivity contribution < 1.29 is 9.59 Å². The van der Waals surface area contributed by atoms with Crippen molar-refractivity contribution >= 4 is 17.9 Å². The molecule has 0 saturated heterocycles. The summed E-state index contributed by atoms with van der Waals surface area (Å²) in [5, 5.41) is 6.13. The number of aryl methyl sites for hydroxylation is 1. The lowest BCUT2D eigenvalue weighted by molar-refractivity contribution is -0.117. The average molecular weight is 374 g/mol. The minimum Gasteiger partial charge on any atom is -0.349 e. The summed E-state index contributed by atoms with van der Waals surface area (Å²) in [6.45, 7) is 2.07. The Morgan fingerprint density at radius 2 is 1.64 bits per heavy atom. The van der Waals surface area contributed by atoms with Crippen LogP contribution in [0.3, 0.4) is 0 Å². The maximum absolute atomic E-state index is 12.4. The third kappa shape index (κ3) is 4.89. The smallest absolute Gasteiger partial charge is 0.251 e. The van der Waals surface area contributed by atoms with Gasteiger partial charge in [-0.2, -0.15) is 0 Å². The van der Waals surface area contributed by atoms with E-state index >= 15 is 0 Å². The first-order valence-electron chi connectivity index (χ1n) is 10.0. The molecule has 1 atom stereocenters. The molecule has 2 N–H and O–H groups in total. The third-order valence-electron chi connectivity index (χ3n) is 5.34. The Morgan fingerprint density at radius 3 is 2.25 bits per heavy atom. The van der Waals surface area contributed by atoms with E-state index in [2.05, 4.69) is 41.8 Å². The van der Waals surface area contributed by atoms with E-state index in [0.29, 0.717) is 17.5 Å². The Kier molecular flexibility index (Phi) is 5.29. The fraction of sp³-hybridized carbons (Fsp3) is 0.333. The van der Waals surface area contributed by atoms with Crippen molar-refractivity contribution in [3.8, 4) is 0 Å². The molecular formula is C24H26N2O2. The highest BCUT2D eigenvalue weighted by Crippen LogP contribution is 2.41. The molecule has 4 nitrogen and oxygen atoms in total. The molecule has 4 heteroatoms. The molecule has 2 amide bonds. The normalized spacial score (nSPS) is 17.3. The molecule has 0 aliphatic heterocycles. The molecule has 4 rings (SSSR count). The summed E-state index contributed by atoms with van der Waals surface area (Å²) in [4.78, 5) is 24.5. The van der Waals surface area contributed by atoms with E-state index in [-0.39, 0.29) is 17.9 Å². The first kappa shape index (κ1) is 18.5. The number of carbonyl (C=O) groups is 2. The van der Waals surface area contributed by atoms with Gasteiger partial charge in [-0.05, 0) is 67.9 Å². The predicted octanol–water partition coefficient (Wildman–Crippen LogP) is 4.17. The maximum Gasteiger partial charge on any atom is 0.251 e. The van der Waals surface area contributed by atoms with Gasteiger partial charge in [0, 0.05) is 17.7 Å². The van der Waals surface area contributed by atoms with Crippen LogP contribution < -0.4 is 10.6 Å². The van der Waals surface area contributed by atoms with E-state index in [1.807, 2.05) is 12.1 Å². The fourth-order valence-electron chi connectivity index (χ4n) is 3.29. The Hall–Kier alpha value is -2.88. The van der Waals surface area contributed by atoms with Crippen LogP contribution >= 0.6 is 0 Å². The number of benzene rings is 2. The van der Waals surface area contributed by atoms with E-state index in [0.717, 1.165) is 31.2 Å². The second kappa shape index (κ2) is 8.01. The summed E-state index contributed by atoms with van der Waals surface area (Å²) >= 11 is 0. The molecule has 0 spiro atoms. The van der Waals surface area contributed by atoms with Crippen molar-refractivity contribution in [1.82, 2.24) is 10.6 Å². The molecule has 2 aromatic rings. The van der Waals surface area contributed by atoms with Gasteiger partial charge < -0.3 is 10.6 Å². The summed E-state index contributed by atoms with van der Waals surface area (Å²) in [6, 6.07) is 16.1.